The Balaban J connectivity index is 2.33. The molecule has 1 heterocycles. The Kier molecular flexibility index (Phi) is 3.34. The SMILES string of the molecule is CC(C)(C)OC(=O)NC1COCC1N. The maximum absolute atomic E-state index is 11.3. The summed E-state index contributed by atoms with van der Waals surface area (Å²) in [6, 6.07) is -0.271. The van der Waals surface area contributed by atoms with Crippen LogP contribution in [0.1, 0.15) is 20.8 Å². The van der Waals surface area contributed by atoms with Gasteiger partial charge >= 0.3 is 6.09 Å². The number of rotatable bonds is 1. The van der Waals surface area contributed by atoms with Crippen molar-refractivity contribution in [3.63, 3.8) is 0 Å². The molecule has 1 rings (SSSR count). The summed E-state index contributed by atoms with van der Waals surface area (Å²) in [6.45, 7) is 6.40. The monoisotopic (exact) mass is 202 g/mol. The number of hydrogen-bond donors (Lipinski definition) is 2. The quantitative estimate of drug-likeness (QED) is 0.638. The van der Waals surface area contributed by atoms with Gasteiger partial charge in [-0.1, -0.05) is 0 Å². The van der Waals surface area contributed by atoms with Gasteiger partial charge in [0.25, 0.3) is 0 Å². The first-order valence-electron chi connectivity index (χ1n) is 4.71. The summed E-state index contributed by atoms with van der Waals surface area (Å²) in [5.74, 6) is 0. The van der Waals surface area contributed by atoms with Crippen molar-refractivity contribution < 1.29 is 14.3 Å². The zero-order valence-electron chi connectivity index (χ0n) is 8.87. The lowest BCUT2D eigenvalue weighted by Gasteiger charge is -2.22. The van der Waals surface area contributed by atoms with Gasteiger partial charge in [0.15, 0.2) is 0 Å². The molecule has 5 nitrogen and oxygen atoms in total. The maximum atomic E-state index is 11.3. The third kappa shape index (κ3) is 3.51. The van der Waals surface area contributed by atoms with E-state index < -0.39 is 11.7 Å². The van der Waals surface area contributed by atoms with Crippen LogP contribution in [0, 0.1) is 0 Å². The van der Waals surface area contributed by atoms with E-state index in [1.807, 2.05) is 20.8 Å². The molecule has 0 saturated carbocycles. The molecule has 1 fully saturated rings. The van der Waals surface area contributed by atoms with Gasteiger partial charge in [-0.15, -0.1) is 0 Å². The van der Waals surface area contributed by atoms with Crippen LogP contribution in [0.4, 0.5) is 4.79 Å². The first-order chi connectivity index (χ1) is 6.38. The zero-order chi connectivity index (χ0) is 10.8. The number of ether oxygens (including phenoxy) is 2. The van der Waals surface area contributed by atoms with Gasteiger partial charge in [-0.2, -0.15) is 0 Å². The largest absolute Gasteiger partial charge is 0.444 e. The minimum Gasteiger partial charge on any atom is -0.444 e. The lowest BCUT2D eigenvalue weighted by Crippen LogP contribution is -2.48. The van der Waals surface area contributed by atoms with Crippen LogP contribution < -0.4 is 11.1 Å². The van der Waals surface area contributed by atoms with E-state index in [0.717, 1.165) is 0 Å². The Bertz CT molecular complexity index is 213. The minimum absolute atomic E-state index is 0.134. The molecule has 1 saturated heterocycles. The van der Waals surface area contributed by atoms with Gasteiger partial charge in [-0.3, -0.25) is 0 Å². The Hall–Kier alpha value is -0.810. The van der Waals surface area contributed by atoms with E-state index in [2.05, 4.69) is 5.32 Å². The molecular weight excluding hydrogens is 184 g/mol. The molecule has 0 aromatic carbocycles. The highest BCUT2D eigenvalue weighted by atomic mass is 16.6. The molecule has 0 aliphatic carbocycles. The fourth-order valence-corrected chi connectivity index (χ4v) is 1.18. The van der Waals surface area contributed by atoms with E-state index in [4.69, 9.17) is 15.2 Å². The highest BCUT2D eigenvalue weighted by molar-refractivity contribution is 5.68. The van der Waals surface area contributed by atoms with Crippen LogP contribution in [0.2, 0.25) is 0 Å². The molecule has 3 N–H and O–H groups in total. The average Bonchev–Trinajstić information content (AvgIpc) is 2.32. The molecule has 2 unspecified atom stereocenters. The summed E-state index contributed by atoms with van der Waals surface area (Å²) >= 11 is 0. The van der Waals surface area contributed by atoms with Gasteiger partial charge in [0.2, 0.25) is 0 Å². The predicted molar refractivity (Wildman–Crippen MR) is 52.0 cm³/mol. The molecule has 2 atom stereocenters. The van der Waals surface area contributed by atoms with Gasteiger partial charge < -0.3 is 20.5 Å². The number of carbonyl (C=O) groups is 1. The first-order valence-corrected chi connectivity index (χ1v) is 4.71. The van der Waals surface area contributed by atoms with Gasteiger partial charge in [0.1, 0.15) is 5.60 Å². The van der Waals surface area contributed by atoms with Gasteiger partial charge in [0.05, 0.1) is 25.3 Å². The van der Waals surface area contributed by atoms with E-state index in [-0.39, 0.29) is 12.1 Å². The lowest BCUT2D eigenvalue weighted by atomic mass is 10.2. The van der Waals surface area contributed by atoms with Crippen molar-refractivity contribution in [1.29, 1.82) is 0 Å². The first kappa shape index (κ1) is 11.3. The summed E-state index contributed by atoms with van der Waals surface area (Å²) in [6.07, 6.45) is -0.441. The molecule has 82 valence electrons. The fraction of sp³-hybridized carbons (Fsp3) is 0.889. The fourth-order valence-electron chi connectivity index (χ4n) is 1.18. The van der Waals surface area contributed by atoms with E-state index in [0.29, 0.717) is 13.2 Å². The molecule has 1 aliphatic heterocycles. The Morgan fingerprint density at radius 1 is 1.50 bits per heavy atom. The van der Waals surface area contributed by atoms with Gasteiger partial charge in [0, 0.05) is 0 Å². The number of amides is 1. The molecular formula is C9H18N2O3. The molecule has 14 heavy (non-hydrogen) atoms. The number of alkyl carbamates (subject to hydrolysis) is 1. The lowest BCUT2D eigenvalue weighted by molar-refractivity contribution is 0.0496. The van der Waals surface area contributed by atoms with Crippen molar-refractivity contribution in [2.24, 2.45) is 5.73 Å². The summed E-state index contributed by atoms with van der Waals surface area (Å²) in [5, 5.41) is 2.67. The molecule has 0 spiro atoms. The molecule has 0 aromatic rings. The van der Waals surface area contributed by atoms with Crippen LogP contribution in [-0.2, 0) is 9.47 Å². The van der Waals surface area contributed by atoms with Crippen molar-refractivity contribution in [2.45, 2.75) is 38.5 Å². The topological polar surface area (TPSA) is 73.6 Å². The average molecular weight is 202 g/mol. The van der Waals surface area contributed by atoms with E-state index in [1.54, 1.807) is 0 Å². The third-order valence-electron chi connectivity index (χ3n) is 1.83. The Labute approximate surface area is 83.9 Å². The van der Waals surface area contributed by atoms with Crippen molar-refractivity contribution >= 4 is 6.09 Å². The highest BCUT2D eigenvalue weighted by Crippen LogP contribution is 2.08. The van der Waals surface area contributed by atoms with E-state index in [1.165, 1.54) is 0 Å². The molecule has 0 aromatic heterocycles. The predicted octanol–water partition coefficient (Wildman–Crippen LogP) is 0.237. The summed E-state index contributed by atoms with van der Waals surface area (Å²) in [4.78, 5) is 11.3. The third-order valence-corrected chi connectivity index (χ3v) is 1.83. The molecule has 0 radical (unpaired) electrons. The number of carbonyl (C=O) groups excluding carboxylic acids is 1. The smallest absolute Gasteiger partial charge is 0.408 e. The van der Waals surface area contributed by atoms with Crippen LogP contribution in [-0.4, -0.2) is 37.0 Å². The second-order valence-corrected chi connectivity index (χ2v) is 4.45. The maximum Gasteiger partial charge on any atom is 0.408 e. The Morgan fingerprint density at radius 3 is 2.57 bits per heavy atom. The van der Waals surface area contributed by atoms with E-state index in [9.17, 15) is 4.79 Å². The Morgan fingerprint density at radius 2 is 2.14 bits per heavy atom. The van der Waals surface area contributed by atoms with Gasteiger partial charge in [-0.25, -0.2) is 4.79 Å². The van der Waals surface area contributed by atoms with Crippen LogP contribution in [0.5, 0.6) is 0 Å². The van der Waals surface area contributed by atoms with Crippen molar-refractivity contribution in [3.05, 3.63) is 0 Å². The van der Waals surface area contributed by atoms with E-state index >= 15 is 0 Å². The summed E-state index contributed by atoms with van der Waals surface area (Å²) < 4.78 is 10.2. The molecule has 0 bridgehead atoms. The summed E-state index contributed by atoms with van der Waals surface area (Å²) in [7, 11) is 0. The second-order valence-electron chi connectivity index (χ2n) is 4.45. The number of nitrogens with two attached hydrogens (primary N) is 1. The number of nitrogens with one attached hydrogen (secondary N) is 1. The van der Waals surface area contributed by atoms with Crippen LogP contribution in [0.25, 0.3) is 0 Å². The van der Waals surface area contributed by atoms with Crippen molar-refractivity contribution in [2.75, 3.05) is 13.2 Å². The zero-order valence-corrected chi connectivity index (χ0v) is 8.87. The van der Waals surface area contributed by atoms with Crippen LogP contribution in [0.15, 0.2) is 0 Å². The highest BCUT2D eigenvalue weighted by Gasteiger charge is 2.28. The second kappa shape index (κ2) is 4.14. The standard InChI is InChI=1S/C9H18N2O3/c1-9(2,3)14-8(12)11-7-5-13-4-6(7)10/h6-7H,4-5,10H2,1-3H3,(H,11,12). The van der Waals surface area contributed by atoms with Crippen LogP contribution >= 0.6 is 0 Å². The molecule has 1 amide bonds. The minimum atomic E-state index is -0.479. The van der Waals surface area contributed by atoms with Crippen LogP contribution in [0.3, 0.4) is 0 Å². The summed E-state index contributed by atoms with van der Waals surface area (Å²) in [5.41, 5.74) is 5.22. The number of hydrogen-bond acceptors (Lipinski definition) is 4. The molecule has 5 heteroatoms. The molecule has 1 aliphatic rings. The normalized spacial score (nSPS) is 27.4. The van der Waals surface area contributed by atoms with Gasteiger partial charge in [-0.05, 0) is 20.8 Å². The van der Waals surface area contributed by atoms with Crippen molar-refractivity contribution in [1.82, 2.24) is 5.32 Å². The van der Waals surface area contributed by atoms with Crippen molar-refractivity contribution in [3.8, 4) is 0 Å².